The highest BCUT2D eigenvalue weighted by molar-refractivity contribution is 5.55. The first-order chi connectivity index (χ1) is 17.0. The van der Waals surface area contributed by atoms with Gasteiger partial charge in [0.15, 0.2) is 0 Å². The van der Waals surface area contributed by atoms with Crippen molar-refractivity contribution in [1.82, 2.24) is 0 Å². The minimum atomic E-state index is -0.666. The SMILES string of the molecule is CCCCOCC(O)CNc1ccc(N(CC(O)COCCCC)CC(O)COCCCC)cc1. The van der Waals surface area contributed by atoms with Gasteiger partial charge in [0.05, 0.1) is 38.1 Å². The summed E-state index contributed by atoms with van der Waals surface area (Å²) in [4.78, 5) is 1.96. The molecular weight excluding hydrogens is 448 g/mol. The van der Waals surface area contributed by atoms with Crippen molar-refractivity contribution in [3.8, 4) is 0 Å². The smallest absolute Gasteiger partial charge is 0.0948 e. The molecule has 0 amide bonds. The zero-order valence-corrected chi connectivity index (χ0v) is 22.2. The fourth-order valence-electron chi connectivity index (χ4n) is 3.38. The van der Waals surface area contributed by atoms with Gasteiger partial charge in [-0.05, 0) is 43.5 Å². The van der Waals surface area contributed by atoms with Gasteiger partial charge >= 0.3 is 0 Å². The van der Waals surface area contributed by atoms with Crippen LogP contribution in [0, 0.1) is 0 Å². The summed E-state index contributed by atoms with van der Waals surface area (Å²) in [5.41, 5.74) is 1.77. The molecule has 0 heterocycles. The zero-order valence-electron chi connectivity index (χ0n) is 22.2. The number of hydrogen-bond acceptors (Lipinski definition) is 8. The van der Waals surface area contributed by atoms with Gasteiger partial charge in [-0.1, -0.05) is 40.0 Å². The van der Waals surface area contributed by atoms with Crippen LogP contribution in [0.1, 0.15) is 59.3 Å². The molecule has 35 heavy (non-hydrogen) atoms. The minimum absolute atomic E-state index is 0.261. The lowest BCUT2D eigenvalue weighted by atomic mass is 10.2. The molecule has 8 nitrogen and oxygen atoms in total. The number of anilines is 2. The highest BCUT2D eigenvalue weighted by Gasteiger charge is 2.17. The topological polar surface area (TPSA) is 104 Å². The summed E-state index contributed by atoms with van der Waals surface area (Å²) >= 11 is 0. The zero-order chi connectivity index (χ0) is 25.7. The Morgan fingerprint density at radius 1 is 0.686 bits per heavy atom. The predicted molar refractivity (Wildman–Crippen MR) is 142 cm³/mol. The Bertz CT molecular complexity index is 584. The summed E-state index contributed by atoms with van der Waals surface area (Å²) in [7, 11) is 0. The summed E-state index contributed by atoms with van der Waals surface area (Å²) in [5.74, 6) is 0. The monoisotopic (exact) mass is 498 g/mol. The Morgan fingerprint density at radius 2 is 1.11 bits per heavy atom. The molecule has 0 aromatic heterocycles. The van der Waals surface area contributed by atoms with Gasteiger partial charge in [0.25, 0.3) is 0 Å². The molecule has 0 bridgehead atoms. The molecule has 0 aliphatic carbocycles. The number of aliphatic hydroxyl groups is 3. The van der Waals surface area contributed by atoms with Crippen LogP contribution in [-0.2, 0) is 14.2 Å². The average Bonchev–Trinajstić information content (AvgIpc) is 2.86. The second-order valence-corrected chi connectivity index (χ2v) is 9.08. The van der Waals surface area contributed by atoms with Crippen LogP contribution in [0.4, 0.5) is 11.4 Å². The van der Waals surface area contributed by atoms with E-state index in [1.807, 2.05) is 29.2 Å². The summed E-state index contributed by atoms with van der Waals surface area (Å²) in [6.45, 7) is 10.2. The molecule has 1 aromatic rings. The largest absolute Gasteiger partial charge is 0.389 e. The molecule has 3 unspecified atom stereocenters. The van der Waals surface area contributed by atoms with E-state index in [2.05, 4.69) is 26.1 Å². The van der Waals surface area contributed by atoms with E-state index in [1.165, 1.54) is 0 Å². The standard InChI is InChI=1S/C27H50N2O6/c1-4-7-14-33-20-25(30)17-28-23-10-12-24(13-11-23)29(18-26(31)21-34-15-8-5-2)19-27(32)22-35-16-9-6-3/h10-13,25-28,30-32H,4-9,14-22H2,1-3H3. The van der Waals surface area contributed by atoms with Gasteiger partial charge in [0, 0.05) is 50.8 Å². The van der Waals surface area contributed by atoms with Gasteiger partial charge in [-0.3, -0.25) is 0 Å². The molecule has 1 rings (SSSR count). The molecule has 0 aliphatic heterocycles. The van der Waals surface area contributed by atoms with Gasteiger partial charge in [-0.25, -0.2) is 0 Å². The van der Waals surface area contributed by atoms with Crippen LogP contribution >= 0.6 is 0 Å². The number of aliphatic hydroxyl groups excluding tert-OH is 3. The van der Waals surface area contributed by atoms with Crippen LogP contribution in [0.5, 0.6) is 0 Å². The van der Waals surface area contributed by atoms with Gasteiger partial charge in [-0.15, -0.1) is 0 Å². The number of rotatable bonds is 23. The van der Waals surface area contributed by atoms with Crippen molar-refractivity contribution in [3.63, 3.8) is 0 Å². The van der Waals surface area contributed by atoms with E-state index in [0.29, 0.717) is 46.1 Å². The predicted octanol–water partition coefficient (Wildman–Crippen LogP) is 3.44. The first kappa shape index (κ1) is 31.6. The summed E-state index contributed by atoms with van der Waals surface area (Å²) in [6.07, 6.45) is 4.21. The van der Waals surface area contributed by atoms with Crippen LogP contribution in [0.2, 0.25) is 0 Å². The van der Waals surface area contributed by atoms with Gasteiger partial charge in [0.1, 0.15) is 0 Å². The normalized spacial score (nSPS) is 14.0. The van der Waals surface area contributed by atoms with E-state index >= 15 is 0 Å². The Morgan fingerprint density at radius 3 is 1.54 bits per heavy atom. The highest BCUT2D eigenvalue weighted by atomic mass is 16.5. The van der Waals surface area contributed by atoms with E-state index in [0.717, 1.165) is 49.9 Å². The number of hydrogen-bond donors (Lipinski definition) is 4. The second kappa shape index (κ2) is 20.7. The number of nitrogens with one attached hydrogen (secondary N) is 1. The minimum Gasteiger partial charge on any atom is -0.389 e. The van der Waals surface area contributed by atoms with Crippen LogP contribution in [0.25, 0.3) is 0 Å². The Balaban J connectivity index is 2.63. The molecule has 204 valence electrons. The summed E-state index contributed by atoms with van der Waals surface area (Å²) < 4.78 is 16.6. The molecular formula is C27H50N2O6. The fraction of sp³-hybridized carbons (Fsp3) is 0.778. The third kappa shape index (κ3) is 16.0. The average molecular weight is 499 g/mol. The van der Waals surface area contributed by atoms with Crippen molar-refractivity contribution < 1.29 is 29.5 Å². The van der Waals surface area contributed by atoms with Crippen molar-refractivity contribution in [1.29, 1.82) is 0 Å². The first-order valence-corrected chi connectivity index (χ1v) is 13.4. The molecule has 0 spiro atoms. The maximum atomic E-state index is 10.5. The van der Waals surface area contributed by atoms with Crippen LogP contribution in [0.3, 0.4) is 0 Å². The lowest BCUT2D eigenvalue weighted by Crippen LogP contribution is -2.41. The molecule has 0 radical (unpaired) electrons. The van der Waals surface area contributed by atoms with Crippen molar-refractivity contribution in [2.75, 3.05) is 69.5 Å². The van der Waals surface area contributed by atoms with E-state index in [9.17, 15) is 15.3 Å². The van der Waals surface area contributed by atoms with E-state index < -0.39 is 18.3 Å². The van der Waals surface area contributed by atoms with E-state index in [-0.39, 0.29) is 13.2 Å². The van der Waals surface area contributed by atoms with Crippen LogP contribution in [-0.4, -0.2) is 92.9 Å². The third-order valence-corrected chi connectivity index (χ3v) is 5.49. The van der Waals surface area contributed by atoms with Crippen LogP contribution in [0.15, 0.2) is 24.3 Å². The summed E-state index contributed by atoms with van der Waals surface area (Å²) in [6, 6.07) is 7.76. The Labute approximate surface area is 212 Å². The van der Waals surface area contributed by atoms with Gasteiger partial charge in [-0.2, -0.15) is 0 Å². The summed E-state index contributed by atoms with van der Waals surface area (Å²) in [5, 5.41) is 34.3. The van der Waals surface area contributed by atoms with Gasteiger partial charge < -0.3 is 39.7 Å². The first-order valence-electron chi connectivity index (χ1n) is 13.4. The number of nitrogens with zero attached hydrogens (tertiary/aromatic N) is 1. The molecule has 3 atom stereocenters. The molecule has 0 fully saturated rings. The number of benzene rings is 1. The highest BCUT2D eigenvalue weighted by Crippen LogP contribution is 2.19. The fourth-order valence-corrected chi connectivity index (χ4v) is 3.38. The second-order valence-electron chi connectivity index (χ2n) is 9.08. The molecule has 0 saturated carbocycles. The van der Waals surface area contributed by atoms with Gasteiger partial charge in [0.2, 0.25) is 0 Å². The maximum Gasteiger partial charge on any atom is 0.0948 e. The van der Waals surface area contributed by atoms with Crippen LogP contribution < -0.4 is 10.2 Å². The lowest BCUT2D eigenvalue weighted by Gasteiger charge is -2.29. The molecule has 1 aromatic carbocycles. The van der Waals surface area contributed by atoms with Crippen molar-refractivity contribution in [2.24, 2.45) is 0 Å². The Hall–Kier alpha value is -1.42. The lowest BCUT2D eigenvalue weighted by molar-refractivity contribution is 0.0288. The molecule has 4 N–H and O–H groups in total. The quantitative estimate of drug-likeness (QED) is 0.170. The van der Waals surface area contributed by atoms with Crippen molar-refractivity contribution in [2.45, 2.75) is 77.6 Å². The number of unbranched alkanes of at least 4 members (excludes halogenated alkanes) is 3. The third-order valence-electron chi connectivity index (χ3n) is 5.49. The molecule has 8 heteroatoms. The van der Waals surface area contributed by atoms with Crippen molar-refractivity contribution in [3.05, 3.63) is 24.3 Å². The van der Waals surface area contributed by atoms with Crippen molar-refractivity contribution >= 4 is 11.4 Å². The maximum absolute atomic E-state index is 10.5. The molecule has 0 aliphatic rings. The van der Waals surface area contributed by atoms with E-state index in [4.69, 9.17) is 14.2 Å². The number of ether oxygens (including phenoxy) is 3. The molecule has 0 saturated heterocycles. The Kier molecular flexibility index (Phi) is 18.7. The van der Waals surface area contributed by atoms with E-state index in [1.54, 1.807) is 0 Å².